The highest BCUT2D eigenvalue weighted by molar-refractivity contribution is 6.09. The smallest absolute Gasteiger partial charge is 0.329 e. The van der Waals surface area contributed by atoms with Crippen LogP contribution in [0.15, 0.2) is 47.4 Å². The van der Waals surface area contributed by atoms with Gasteiger partial charge in [-0.2, -0.15) is 0 Å². The molecule has 1 aromatic carbocycles. The highest BCUT2D eigenvalue weighted by Gasteiger charge is 2.37. The molecule has 2 rings (SSSR count). The molecule has 0 saturated carbocycles. The number of imide groups is 1. The monoisotopic (exact) mass is 357 g/mol. The number of hydrogen-bond donors (Lipinski definition) is 1. The van der Waals surface area contributed by atoms with Crippen LogP contribution in [0.25, 0.3) is 0 Å². The Morgan fingerprint density at radius 2 is 2.15 bits per heavy atom. The van der Waals surface area contributed by atoms with E-state index in [9.17, 15) is 9.59 Å². The van der Waals surface area contributed by atoms with Crippen LogP contribution in [-0.4, -0.2) is 36.2 Å². The number of carbonyl (C=O) groups excluding carboxylic acids is 2. The van der Waals surface area contributed by atoms with Crippen molar-refractivity contribution in [1.82, 2.24) is 10.2 Å². The van der Waals surface area contributed by atoms with E-state index < -0.39 is 12.1 Å². The molecule has 1 aromatic rings. The molecule has 0 bridgehead atoms. The number of aryl methyl sites for hydroxylation is 1. The highest BCUT2D eigenvalue weighted by Crippen LogP contribution is 2.25. The third kappa shape index (κ3) is 4.11. The number of rotatable bonds is 7. The fourth-order valence-corrected chi connectivity index (χ4v) is 2.42. The van der Waals surface area contributed by atoms with E-state index in [2.05, 4.69) is 16.9 Å². The van der Waals surface area contributed by atoms with Crippen molar-refractivity contribution in [2.45, 2.75) is 33.2 Å². The minimum Gasteiger partial charge on any atom is -0.496 e. The molecule has 1 aliphatic heterocycles. The summed E-state index contributed by atoms with van der Waals surface area (Å²) < 4.78 is 11.0. The second kappa shape index (κ2) is 8.33. The molecular formula is C19H23N3O4. The van der Waals surface area contributed by atoms with Gasteiger partial charge in [0.25, 0.3) is 5.91 Å². The van der Waals surface area contributed by atoms with Gasteiger partial charge in [0.1, 0.15) is 17.5 Å². The van der Waals surface area contributed by atoms with Gasteiger partial charge in [-0.25, -0.2) is 14.7 Å². The summed E-state index contributed by atoms with van der Waals surface area (Å²) >= 11 is 0. The minimum atomic E-state index is -0.523. The summed E-state index contributed by atoms with van der Waals surface area (Å²) in [5, 5.41) is 2.60. The lowest BCUT2D eigenvalue weighted by Crippen LogP contribution is -2.30. The van der Waals surface area contributed by atoms with Gasteiger partial charge in [0.2, 0.25) is 5.88 Å². The van der Waals surface area contributed by atoms with E-state index in [0.717, 1.165) is 10.5 Å². The quantitative estimate of drug-likeness (QED) is 0.462. The number of aliphatic imine (C=N–C) groups is 1. The average Bonchev–Trinajstić information content (AvgIpc) is 2.93. The van der Waals surface area contributed by atoms with Crippen LogP contribution in [0.3, 0.4) is 0 Å². The number of allylic oxidation sites excluding steroid dienone is 2. The van der Waals surface area contributed by atoms with Crippen molar-refractivity contribution in [3.63, 3.8) is 0 Å². The Morgan fingerprint density at radius 3 is 2.73 bits per heavy atom. The SMILES string of the molecule is C=C(/C=N\C(=C/C)Oc1ccc(C)c(OC)c1)N1C(=O)N[C@@H](CC)C1=O. The van der Waals surface area contributed by atoms with Gasteiger partial charge < -0.3 is 14.8 Å². The van der Waals surface area contributed by atoms with Crippen LogP contribution in [0.2, 0.25) is 0 Å². The van der Waals surface area contributed by atoms with Gasteiger partial charge in [-0.3, -0.25) is 4.79 Å². The van der Waals surface area contributed by atoms with E-state index >= 15 is 0 Å². The molecule has 1 heterocycles. The van der Waals surface area contributed by atoms with E-state index in [1.54, 1.807) is 32.2 Å². The third-order valence-corrected chi connectivity index (χ3v) is 3.90. The molecule has 1 saturated heterocycles. The predicted molar refractivity (Wildman–Crippen MR) is 99.2 cm³/mol. The molecule has 26 heavy (non-hydrogen) atoms. The zero-order valence-corrected chi connectivity index (χ0v) is 15.4. The number of hydrogen-bond acceptors (Lipinski definition) is 5. The van der Waals surface area contributed by atoms with Crippen LogP contribution in [-0.2, 0) is 4.79 Å². The van der Waals surface area contributed by atoms with Crippen LogP contribution in [0.1, 0.15) is 25.8 Å². The predicted octanol–water partition coefficient (Wildman–Crippen LogP) is 3.16. The number of nitrogens with zero attached hydrogens (tertiary/aromatic N) is 2. The van der Waals surface area contributed by atoms with E-state index in [4.69, 9.17) is 9.47 Å². The standard InChI is InChI=1S/C19H23N3O4/c1-6-15-18(23)22(19(24)21-15)13(4)11-20-17(7-2)26-14-9-8-12(3)16(10-14)25-5/h7-11,15H,4,6H2,1-3,5H3,(H,21,24)/b17-7+,20-11-/t15-/m0/s1. The average molecular weight is 357 g/mol. The molecule has 0 unspecified atom stereocenters. The van der Waals surface area contributed by atoms with Crippen LogP contribution >= 0.6 is 0 Å². The minimum absolute atomic E-state index is 0.174. The number of benzene rings is 1. The summed E-state index contributed by atoms with van der Waals surface area (Å²) in [6.07, 6.45) is 3.51. The van der Waals surface area contributed by atoms with E-state index in [0.29, 0.717) is 23.8 Å². The summed E-state index contributed by atoms with van der Waals surface area (Å²) in [4.78, 5) is 29.2. The van der Waals surface area contributed by atoms with Gasteiger partial charge in [0.15, 0.2) is 0 Å². The van der Waals surface area contributed by atoms with Gasteiger partial charge in [-0.15, -0.1) is 0 Å². The molecule has 1 fully saturated rings. The molecule has 1 atom stereocenters. The molecule has 1 N–H and O–H groups in total. The fraction of sp³-hybridized carbons (Fsp3) is 0.316. The van der Waals surface area contributed by atoms with Crippen molar-refractivity contribution in [2.75, 3.05) is 7.11 Å². The first-order chi connectivity index (χ1) is 12.4. The Labute approximate surface area is 153 Å². The van der Waals surface area contributed by atoms with Crippen molar-refractivity contribution in [2.24, 2.45) is 4.99 Å². The Hall–Kier alpha value is -3.09. The second-order valence-electron chi connectivity index (χ2n) is 5.69. The lowest BCUT2D eigenvalue weighted by Gasteiger charge is -2.12. The van der Waals surface area contributed by atoms with Crippen LogP contribution in [0, 0.1) is 6.92 Å². The maximum atomic E-state index is 12.2. The molecule has 0 aromatic heterocycles. The van der Waals surface area contributed by atoms with E-state index in [1.807, 2.05) is 19.9 Å². The lowest BCUT2D eigenvalue weighted by atomic mass is 10.2. The first kappa shape index (κ1) is 19.2. The van der Waals surface area contributed by atoms with Crippen molar-refractivity contribution >= 4 is 18.2 Å². The Bertz CT molecular complexity index is 783. The number of urea groups is 1. The second-order valence-corrected chi connectivity index (χ2v) is 5.69. The van der Waals surface area contributed by atoms with E-state index in [1.165, 1.54) is 6.21 Å². The summed E-state index contributed by atoms with van der Waals surface area (Å²) in [5.41, 5.74) is 1.16. The topological polar surface area (TPSA) is 80.2 Å². The van der Waals surface area contributed by atoms with Gasteiger partial charge in [0.05, 0.1) is 19.0 Å². The summed E-state index contributed by atoms with van der Waals surface area (Å²) in [6, 6.07) is 4.42. The summed E-state index contributed by atoms with van der Waals surface area (Å²) in [6.45, 7) is 9.27. The third-order valence-electron chi connectivity index (χ3n) is 3.90. The zero-order chi connectivity index (χ0) is 19.3. The first-order valence-corrected chi connectivity index (χ1v) is 8.27. The van der Waals surface area contributed by atoms with Crippen molar-refractivity contribution < 1.29 is 19.1 Å². The molecule has 0 radical (unpaired) electrons. The van der Waals surface area contributed by atoms with Gasteiger partial charge in [-0.05, 0) is 38.0 Å². The number of ether oxygens (including phenoxy) is 2. The molecule has 1 aliphatic rings. The molecule has 7 nitrogen and oxygen atoms in total. The van der Waals surface area contributed by atoms with Gasteiger partial charge >= 0.3 is 6.03 Å². The number of nitrogens with one attached hydrogen (secondary N) is 1. The molecule has 0 aliphatic carbocycles. The highest BCUT2D eigenvalue weighted by atomic mass is 16.5. The molecule has 7 heteroatoms. The Balaban J connectivity index is 2.09. The van der Waals surface area contributed by atoms with Crippen molar-refractivity contribution in [1.29, 1.82) is 0 Å². The number of methoxy groups -OCH3 is 1. The maximum Gasteiger partial charge on any atom is 0.329 e. The lowest BCUT2D eigenvalue weighted by molar-refractivity contribution is -0.125. The van der Waals surface area contributed by atoms with Crippen LogP contribution in [0.4, 0.5) is 4.79 Å². The summed E-state index contributed by atoms with van der Waals surface area (Å²) in [5.74, 6) is 1.23. The van der Waals surface area contributed by atoms with Crippen LogP contribution in [0.5, 0.6) is 11.5 Å². The normalized spacial score (nSPS) is 17.6. The summed E-state index contributed by atoms with van der Waals surface area (Å²) in [7, 11) is 1.59. The van der Waals surface area contributed by atoms with Crippen molar-refractivity contribution in [3.8, 4) is 11.5 Å². The zero-order valence-electron chi connectivity index (χ0n) is 15.4. The largest absolute Gasteiger partial charge is 0.496 e. The number of carbonyl (C=O) groups is 2. The Morgan fingerprint density at radius 1 is 1.42 bits per heavy atom. The maximum absolute atomic E-state index is 12.2. The first-order valence-electron chi connectivity index (χ1n) is 8.27. The fourth-order valence-electron chi connectivity index (χ4n) is 2.42. The Kier molecular flexibility index (Phi) is 6.16. The van der Waals surface area contributed by atoms with Gasteiger partial charge in [0, 0.05) is 6.07 Å². The molecular weight excluding hydrogens is 334 g/mol. The van der Waals surface area contributed by atoms with Crippen molar-refractivity contribution in [3.05, 3.63) is 48.0 Å². The van der Waals surface area contributed by atoms with E-state index in [-0.39, 0.29) is 11.6 Å². The number of amides is 3. The van der Waals surface area contributed by atoms with Gasteiger partial charge in [-0.1, -0.05) is 19.6 Å². The van der Waals surface area contributed by atoms with Crippen LogP contribution < -0.4 is 14.8 Å². The molecule has 0 spiro atoms. The molecule has 3 amide bonds. The molecule has 138 valence electrons.